The van der Waals surface area contributed by atoms with Gasteiger partial charge in [-0.15, -0.1) is 10.2 Å². The number of nitrogens with zero attached hydrogens (tertiary/aromatic N) is 3. The Morgan fingerprint density at radius 3 is 2.78 bits per heavy atom. The molecule has 1 aliphatic carbocycles. The highest BCUT2D eigenvalue weighted by Crippen LogP contribution is 2.30. The molecule has 0 spiro atoms. The molecule has 1 saturated heterocycles. The van der Waals surface area contributed by atoms with E-state index >= 15 is 0 Å². The lowest BCUT2D eigenvalue weighted by Gasteiger charge is -2.24. The SMILES string of the molecule is Cc1nnc(CN(CC2CC2)CC2CCCN2)o1. The first-order chi connectivity index (χ1) is 8.79. The third-order valence-corrected chi connectivity index (χ3v) is 3.78. The number of hydrogen-bond donors (Lipinski definition) is 1. The van der Waals surface area contributed by atoms with E-state index in [1.807, 2.05) is 6.92 Å². The zero-order chi connectivity index (χ0) is 12.4. The van der Waals surface area contributed by atoms with Gasteiger partial charge in [-0.25, -0.2) is 0 Å². The summed E-state index contributed by atoms with van der Waals surface area (Å²) in [5.41, 5.74) is 0. The van der Waals surface area contributed by atoms with Gasteiger partial charge < -0.3 is 9.73 Å². The van der Waals surface area contributed by atoms with E-state index in [2.05, 4.69) is 20.4 Å². The van der Waals surface area contributed by atoms with Crippen LogP contribution in [0.15, 0.2) is 4.42 Å². The molecule has 100 valence electrons. The summed E-state index contributed by atoms with van der Waals surface area (Å²) in [6, 6.07) is 0.646. The Morgan fingerprint density at radius 2 is 2.17 bits per heavy atom. The van der Waals surface area contributed by atoms with Crippen molar-refractivity contribution < 1.29 is 4.42 Å². The quantitative estimate of drug-likeness (QED) is 0.825. The molecule has 5 heteroatoms. The lowest BCUT2D eigenvalue weighted by Crippen LogP contribution is -2.38. The summed E-state index contributed by atoms with van der Waals surface area (Å²) in [5.74, 6) is 2.32. The Morgan fingerprint density at radius 1 is 1.28 bits per heavy atom. The lowest BCUT2D eigenvalue weighted by molar-refractivity contribution is 0.210. The van der Waals surface area contributed by atoms with Gasteiger partial charge in [-0.05, 0) is 38.1 Å². The molecule has 3 rings (SSSR count). The summed E-state index contributed by atoms with van der Waals surface area (Å²) in [5, 5.41) is 11.6. The lowest BCUT2D eigenvalue weighted by atomic mass is 10.2. The second kappa shape index (κ2) is 5.36. The standard InChI is InChI=1S/C13H22N4O/c1-10-15-16-13(18-10)9-17(7-11-4-5-11)8-12-3-2-6-14-12/h11-12,14H,2-9H2,1H3. The summed E-state index contributed by atoms with van der Waals surface area (Å²) in [4.78, 5) is 2.48. The summed E-state index contributed by atoms with van der Waals surface area (Å²) in [6.07, 6.45) is 5.38. The zero-order valence-electron chi connectivity index (χ0n) is 11.1. The first-order valence-electron chi connectivity index (χ1n) is 7.04. The molecule has 1 unspecified atom stereocenters. The van der Waals surface area contributed by atoms with E-state index in [-0.39, 0.29) is 0 Å². The van der Waals surface area contributed by atoms with Gasteiger partial charge in [0.25, 0.3) is 0 Å². The smallest absolute Gasteiger partial charge is 0.230 e. The van der Waals surface area contributed by atoms with Crippen LogP contribution < -0.4 is 5.32 Å². The molecule has 5 nitrogen and oxygen atoms in total. The number of hydrogen-bond acceptors (Lipinski definition) is 5. The van der Waals surface area contributed by atoms with Gasteiger partial charge >= 0.3 is 0 Å². The number of nitrogens with one attached hydrogen (secondary N) is 1. The highest BCUT2D eigenvalue weighted by Gasteiger charge is 2.27. The van der Waals surface area contributed by atoms with E-state index in [1.165, 1.54) is 38.8 Å². The summed E-state index contributed by atoms with van der Waals surface area (Å²) in [7, 11) is 0. The molecule has 1 N–H and O–H groups in total. The molecule has 1 aromatic heterocycles. The van der Waals surface area contributed by atoms with Crippen molar-refractivity contribution in [3.05, 3.63) is 11.8 Å². The highest BCUT2D eigenvalue weighted by atomic mass is 16.4. The predicted molar refractivity (Wildman–Crippen MR) is 68.1 cm³/mol. The second-order valence-corrected chi connectivity index (χ2v) is 5.65. The van der Waals surface area contributed by atoms with Crippen molar-refractivity contribution in [1.29, 1.82) is 0 Å². The van der Waals surface area contributed by atoms with E-state index in [0.717, 1.165) is 24.9 Å². The fraction of sp³-hybridized carbons (Fsp3) is 0.846. The Bertz CT molecular complexity index is 382. The maximum absolute atomic E-state index is 5.50. The Kier molecular flexibility index (Phi) is 3.61. The molecule has 2 heterocycles. The Balaban J connectivity index is 1.57. The second-order valence-electron chi connectivity index (χ2n) is 5.65. The minimum atomic E-state index is 0.646. The molecule has 2 aliphatic rings. The van der Waals surface area contributed by atoms with E-state index in [1.54, 1.807) is 0 Å². The minimum absolute atomic E-state index is 0.646. The van der Waals surface area contributed by atoms with Crippen LogP contribution in [0.2, 0.25) is 0 Å². The molecule has 1 atom stereocenters. The van der Waals surface area contributed by atoms with Crippen molar-refractivity contribution in [2.45, 2.75) is 45.2 Å². The normalized spacial score (nSPS) is 24.0. The van der Waals surface area contributed by atoms with Crippen molar-refractivity contribution in [3.63, 3.8) is 0 Å². The van der Waals surface area contributed by atoms with Crippen LogP contribution in [0.25, 0.3) is 0 Å². The van der Waals surface area contributed by atoms with Gasteiger partial charge in [-0.3, -0.25) is 4.90 Å². The van der Waals surface area contributed by atoms with Gasteiger partial charge in [0.1, 0.15) is 0 Å². The molecule has 0 radical (unpaired) electrons. The molecule has 1 aliphatic heterocycles. The fourth-order valence-corrected chi connectivity index (χ4v) is 2.69. The molecule has 1 saturated carbocycles. The highest BCUT2D eigenvalue weighted by molar-refractivity contribution is 4.86. The minimum Gasteiger partial charge on any atom is -0.424 e. The van der Waals surface area contributed by atoms with E-state index in [9.17, 15) is 0 Å². The predicted octanol–water partition coefficient (Wildman–Crippen LogP) is 1.34. The van der Waals surface area contributed by atoms with E-state index in [4.69, 9.17) is 4.42 Å². The molecule has 0 bridgehead atoms. The van der Waals surface area contributed by atoms with Crippen LogP contribution >= 0.6 is 0 Å². The van der Waals surface area contributed by atoms with Crippen LogP contribution in [0.5, 0.6) is 0 Å². The Labute approximate surface area is 108 Å². The van der Waals surface area contributed by atoms with Gasteiger partial charge in [0.15, 0.2) is 0 Å². The van der Waals surface area contributed by atoms with Crippen molar-refractivity contribution >= 4 is 0 Å². The topological polar surface area (TPSA) is 54.2 Å². The van der Waals surface area contributed by atoms with E-state index < -0.39 is 0 Å². The van der Waals surface area contributed by atoms with Gasteiger partial charge in [0.05, 0.1) is 6.54 Å². The van der Waals surface area contributed by atoms with E-state index in [0.29, 0.717) is 11.9 Å². The van der Waals surface area contributed by atoms with Gasteiger partial charge in [0.2, 0.25) is 11.8 Å². The summed E-state index contributed by atoms with van der Waals surface area (Å²) >= 11 is 0. The van der Waals surface area contributed by atoms with Crippen molar-refractivity contribution in [2.24, 2.45) is 5.92 Å². The Hall–Kier alpha value is -0.940. The maximum Gasteiger partial charge on any atom is 0.230 e. The van der Waals surface area contributed by atoms with Crippen molar-refractivity contribution in [2.75, 3.05) is 19.6 Å². The molecule has 2 fully saturated rings. The van der Waals surface area contributed by atoms with Crippen molar-refractivity contribution in [3.8, 4) is 0 Å². The number of aryl methyl sites for hydroxylation is 1. The number of rotatable bonds is 6. The average molecular weight is 250 g/mol. The third kappa shape index (κ3) is 3.29. The molecule has 18 heavy (non-hydrogen) atoms. The maximum atomic E-state index is 5.50. The molecule has 0 amide bonds. The zero-order valence-corrected chi connectivity index (χ0v) is 11.1. The van der Waals surface area contributed by atoms with Crippen LogP contribution in [0.3, 0.4) is 0 Å². The summed E-state index contributed by atoms with van der Waals surface area (Å²) in [6.45, 7) is 6.11. The van der Waals surface area contributed by atoms with Gasteiger partial charge in [-0.2, -0.15) is 0 Å². The molecule has 1 aromatic rings. The first kappa shape index (κ1) is 12.1. The average Bonchev–Trinajstić information content (AvgIpc) is 2.84. The van der Waals surface area contributed by atoms with Crippen LogP contribution in [0.4, 0.5) is 0 Å². The fourth-order valence-electron chi connectivity index (χ4n) is 2.69. The molecular formula is C13H22N4O. The first-order valence-corrected chi connectivity index (χ1v) is 7.04. The third-order valence-electron chi connectivity index (χ3n) is 3.78. The van der Waals surface area contributed by atoms with Crippen LogP contribution in [-0.4, -0.2) is 40.8 Å². The largest absolute Gasteiger partial charge is 0.424 e. The van der Waals surface area contributed by atoms with Crippen LogP contribution in [-0.2, 0) is 6.54 Å². The molecular weight excluding hydrogens is 228 g/mol. The monoisotopic (exact) mass is 250 g/mol. The van der Waals surface area contributed by atoms with Gasteiger partial charge in [-0.1, -0.05) is 0 Å². The number of aromatic nitrogens is 2. The molecule has 0 aromatic carbocycles. The summed E-state index contributed by atoms with van der Waals surface area (Å²) < 4.78 is 5.50. The van der Waals surface area contributed by atoms with Crippen LogP contribution in [0.1, 0.15) is 37.5 Å². The van der Waals surface area contributed by atoms with Crippen molar-refractivity contribution in [1.82, 2.24) is 20.4 Å². The van der Waals surface area contributed by atoms with Crippen LogP contribution in [0, 0.1) is 12.8 Å². The van der Waals surface area contributed by atoms with Gasteiger partial charge in [0, 0.05) is 26.1 Å².